The van der Waals surface area contributed by atoms with Gasteiger partial charge in [0.25, 0.3) is 0 Å². The van der Waals surface area contributed by atoms with E-state index < -0.39 is 5.97 Å². The van der Waals surface area contributed by atoms with Crippen molar-refractivity contribution in [3.8, 4) is 0 Å². The third kappa shape index (κ3) is 8.83. The normalized spacial score (nSPS) is 5.50. The Hall–Kier alpha value is 0.404. The number of rotatable bonds is 1. The number of hydrogen-bond acceptors (Lipinski definition) is 1. The molecule has 0 heterocycles. The Kier molecular flexibility index (Phi) is 8.68. The molecule has 3 radical (unpaired) electrons. The molecule has 0 bridgehead atoms. The fourth-order valence-corrected chi connectivity index (χ4v) is 0. The van der Waals surface area contributed by atoms with Gasteiger partial charge in [-0.05, 0) is 0 Å². The first-order valence-corrected chi connectivity index (χ1v) is 1.01. The number of carbonyl (C=O) groups is 1. The standard InChI is InChI=1S/C2H3NO2.Y/c3-1-2(4)5;/h1,3H,(H,4,5);. The molecule has 0 aromatic rings. The maximum atomic E-state index is 9.12. The largest absolute Gasteiger partial charge is 0.499 e. The topological polar surface area (TPSA) is 61.1 Å². The quantitative estimate of drug-likeness (QED) is 0.455. The molecule has 0 fully saturated rings. The van der Waals surface area contributed by atoms with Gasteiger partial charge >= 0.3 is 0 Å². The van der Waals surface area contributed by atoms with Crippen LogP contribution in [0.2, 0.25) is 0 Å². The van der Waals surface area contributed by atoms with Gasteiger partial charge in [-0.25, -0.2) is 0 Å². The molecule has 0 saturated carbocycles. The van der Waals surface area contributed by atoms with Gasteiger partial charge in [0.15, 0.2) is 0 Å². The number of aliphatic carboxylic acids is 1. The zero-order valence-electron chi connectivity index (χ0n) is 3.01. The summed E-state index contributed by atoms with van der Waals surface area (Å²) < 4.78 is 0. The van der Waals surface area contributed by atoms with Gasteiger partial charge in [-0.2, -0.15) is 0 Å². The van der Waals surface area contributed by atoms with Crippen LogP contribution in [-0.2, 0) is 37.5 Å². The van der Waals surface area contributed by atoms with Gasteiger partial charge in [-0.3, -0.25) is 4.79 Å². The van der Waals surface area contributed by atoms with Crippen molar-refractivity contribution in [1.29, 1.82) is 0 Å². The van der Waals surface area contributed by atoms with Crippen LogP contribution in [0.1, 0.15) is 0 Å². The second-order valence-electron chi connectivity index (χ2n) is 0.483. The van der Waals surface area contributed by atoms with E-state index in [1.807, 2.05) is 0 Å². The number of carboxylic acids is 1. The van der Waals surface area contributed by atoms with E-state index in [1.54, 1.807) is 0 Å². The molecule has 0 rings (SSSR count). The van der Waals surface area contributed by atoms with E-state index in [0.29, 0.717) is 6.54 Å². The van der Waals surface area contributed by atoms with Crippen LogP contribution in [0.25, 0.3) is 0 Å². The number of hydrogen-bond donors (Lipinski definition) is 1. The zero-order chi connectivity index (χ0) is 4.28. The predicted molar refractivity (Wildman–Crippen MR) is 12.9 cm³/mol. The number of carboxylic acid groups (broad SMARTS) is 1. The molecule has 6 heavy (non-hydrogen) atoms. The molecule has 0 amide bonds. The Morgan fingerprint density at radius 3 is 2.00 bits per heavy atom. The van der Waals surface area contributed by atoms with Crippen molar-refractivity contribution < 1.29 is 48.3 Å². The van der Waals surface area contributed by atoms with Crippen LogP contribution < -0.4 is 5.73 Å². The summed E-state index contributed by atoms with van der Waals surface area (Å²) in [4.78, 5) is 9.12. The molecule has 4 heteroatoms. The summed E-state index contributed by atoms with van der Waals surface area (Å²) in [6, 6.07) is 0. The molecule has 0 aliphatic rings. The van der Waals surface area contributed by atoms with Crippen LogP contribution in [0.3, 0.4) is 0 Å². The van der Waals surface area contributed by atoms with Crippen LogP contribution in [-0.4, -0.2) is 11.1 Å². The molecule has 0 aliphatic heterocycles. The van der Waals surface area contributed by atoms with E-state index >= 15 is 0 Å². The summed E-state index contributed by atoms with van der Waals surface area (Å²) in [7, 11) is 0. The first-order chi connectivity index (χ1) is 2.27. The average molecular weight is 162 g/mol. The van der Waals surface area contributed by atoms with E-state index in [2.05, 4.69) is 0 Å². The maximum Gasteiger partial charge on any atom is 0.227 e. The van der Waals surface area contributed by atoms with E-state index in [9.17, 15) is 0 Å². The first-order valence-electron chi connectivity index (χ1n) is 1.01. The van der Waals surface area contributed by atoms with Crippen LogP contribution >= 0.6 is 0 Å². The summed E-state index contributed by atoms with van der Waals surface area (Å²) in [5, 5.41) is 7.48. The molecule has 0 unspecified atom stereocenters. The minimum Gasteiger partial charge on any atom is -0.499 e. The van der Waals surface area contributed by atoms with Crippen molar-refractivity contribution in [1.82, 2.24) is 0 Å². The van der Waals surface area contributed by atoms with Crippen molar-refractivity contribution in [2.45, 2.75) is 0 Å². The van der Waals surface area contributed by atoms with E-state index in [1.165, 1.54) is 0 Å². The summed E-state index contributed by atoms with van der Waals surface area (Å²) in [5.41, 5.74) is 5.93. The smallest absolute Gasteiger partial charge is 0.227 e. The second kappa shape index (κ2) is 5.40. The van der Waals surface area contributed by atoms with Crippen LogP contribution in [0.15, 0.2) is 0 Å². The van der Waals surface area contributed by atoms with Gasteiger partial charge in [0.2, 0.25) is 5.97 Å². The van der Waals surface area contributed by atoms with Crippen molar-refractivity contribution >= 4 is 5.97 Å². The molecule has 0 saturated heterocycles. The average Bonchev–Trinajstić information content (AvgIpc) is 1.38. The third-order valence-electron chi connectivity index (χ3n) is 0.123. The SMILES string of the molecule is [NH+][CH-]C(=O)O.[Y]. The fraction of sp³-hybridized carbons (Fsp3) is 0. The summed E-state index contributed by atoms with van der Waals surface area (Å²) >= 11 is 0. The molecule has 31 valence electrons. The van der Waals surface area contributed by atoms with Crippen LogP contribution in [0.4, 0.5) is 0 Å². The molecular formula is C2H3NO2Y. The molecular weight excluding hydrogens is 159 g/mol. The first kappa shape index (κ1) is 9.64. The van der Waals surface area contributed by atoms with Gasteiger partial charge in [0, 0.05) is 39.3 Å². The summed E-state index contributed by atoms with van der Waals surface area (Å²) in [6.45, 7) is 0.333. The fourth-order valence-electron chi connectivity index (χ4n) is 0. The van der Waals surface area contributed by atoms with Crippen molar-refractivity contribution in [2.24, 2.45) is 0 Å². The molecule has 3 nitrogen and oxygen atoms in total. The van der Waals surface area contributed by atoms with Gasteiger partial charge in [-0.15, -0.1) is 0 Å². The summed E-state index contributed by atoms with van der Waals surface area (Å²) in [5.74, 6) is -1.20. The van der Waals surface area contributed by atoms with Crippen LogP contribution in [0, 0.1) is 6.54 Å². The Morgan fingerprint density at radius 2 is 2.00 bits per heavy atom. The number of nitrogens with one attached hydrogen (secondary N) is 1. The van der Waals surface area contributed by atoms with Crippen molar-refractivity contribution in [3.63, 3.8) is 0 Å². The maximum absolute atomic E-state index is 9.12. The molecule has 0 aliphatic carbocycles. The Bertz CT molecular complexity index is 46.8. The van der Waals surface area contributed by atoms with E-state index in [-0.39, 0.29) is 32.7 Å². The van der Waals surface area contributed by atoms with Gasteiger partial charge in [0.05, 0.1) is 0 Å². The van der Waals surface area contributed by atoms with Gasteiger partial charge < -0.3 is 5.11 Å². The molecule has 0 spiro atoms. The third-order valence-corrected chi connectivity index (χ3v) is 0.123. The monoisotopic (exact) mass is 162 g/mol. The molecule has 0 atom stereocenters. The molecule has 0 aromatic heterocycles. The van der Waals surface area contributed by atoms with E-state index in [0.717, 1.165) is 0 Å². The van der Waals surface area contributed by atoms with Gasteiger partial charge in [-0.1, -0.05) is 5.73 Å². The van der Waals surface area contributed by atoms with Crippen LogP contribution in [0.5, 0.6) is 0 Å². The Balaban J connectivity index is 0. The Morgan fingerprint density at radius 1 is 1.83 bits per heavy atom. The molecule has 0 aromatic carbocycles. The minimum absolute atomic E-state index is 0. The molecule has 2 N–H and O–H groups in total. The second-order valence-corrected chi connectivity index (χ2v) is 0.483. The van der Waals surface area contributed by atoms with Crippen molar-refractivity contribution in [3.05, 3.63) is 6.54 Å². The predicted octanol–water partition coefficient (Wildman–Crippen LogP) is -1.96. The minimum atomic E-state index is -1.20. The van der Waals surface area contributed by atoms with Gasteiger partial charge in [0.1, 0.15) is 0 Å². The Labute approximate surface area is 60.8 Å². The summed E-state index contributed by atoms with van der Waals surface area (Å²) in [6.07, 6.45) is 0. The van der Waals surface area contributed by atoms with E-state index in [4.69, 9.17) is 15.6 Å². The van der Waals surface area contributed by atoms with Crippen molar-refractivity contribution in [2.75, 3.05) is 0 Å². The zero-order valence-corrected chi connectivity index (χ0v) is 5.85.